The summed E-state index contributed by atoms with van der Waals surface area (Å²) in [7, 11) is 0. The molecule has 0 aliphatic rings. The van der Waals surface area contributed by atoms with Gasteiger partial charge in [-0.3, -0.25) is 9.59 Å². The summed E-state index contributed by atoms with van der Waals surface area (Å²) in [5.41, 5.74) is 6.20. The minimum atomic E-state index is -0.617. The highest BCUT2D eigenvalue weighted by Crippen LogP contribution is 2.21. The Kier molecular flexibility index (Phi) is 5.84. The molecule has 0 saturated carbocycles. The lowest BCUT2D eigenvalue weighted by atomic mass is 10.2. The fourth-order valence-corrected chi connectivity index (χ4v) is 2.32. The maximum absolute atomic E-state index is 11.8. The molecule has 0 bridgehead atoms. The van der Waals surface area contributed by atoms with E-state index in [0.717, 1.165) is 5.56 Å². The minimum absolute atomic E-state index is 0.223. The Morgan fingerprint density at radius 3 is 2.57 bits per heavy atom. The SMILES string of the molecule is NC(=O)c1ccccc1OCC(=O)NCc1ccc(Cl)cc1Cl. The van der Waals surface area contributed by atoms with Gasteiger partial charge in [0, 0.05) is 16.6 Å². The van der Waals surface area contributed by atoms with Crippen LogP contribution in [0, 0.1) is 0 Å². The molecule has 3 N–H and O–H groups in total. The van der Waals surface area contributed by atoms with Crippen molar-refractivity contribution in [1.29, 1.82) is 0 Å². The number of hydrogen-bond acceptors (Lipinski definition) is 3. The van der Waals surface area contributed by atoms with Crippen LogP contribution >= 0.6 is 23.2 Å². The summed E-state index contributed by atoms with van der Waals surface area (Å²) >= 11 is 11.8. The number of benzene rings is 2. The van der Waals surface area contributed by atoms with E-state index in [0.29, 0.717) is 10.0 Å². The molecule has 0 fully saturated rings. The largest absolute Gasteiger partial charge is 0.483 e. The summed E-state index contributed by atoms with van der Waals surface area (Å²) in [6.07, 6.45) is 0. The Balaban J connectivity index is 1.90. The highest BCUT2D eigenvalue weighted by Gasteiger charge is 2.10. The van der Waals surface area contributed by atoms with Crippen LogP contribution in [0.15, 0.2) is 42.5 Å². The maximum Gasteiger partial charge on any atom is 0.258 e. The molecule has 5 nitrogen and oxygen atoms in total. The molecule has 2 aromatic rings. The quantitative estimate of drug-likeness (QED) is 0.838. The van der Waals surface area contributed by atoms with Gasteiger partial charge < -0.3 is 15.8 Å². The van der Waals surface area contributed by atoms with Crippen LogP contribution in [-0.2, 0) is 11.3 Å². The van der Waals surface area contributed by atoms with Crippen molar-refractivity contribution >= 4 is 35.0 Å². The first-order valence-electron chi connectivity index (χ1n) is 6.69. The number of amides is 2. The second kappa shape index (κ2) is 7.85. The number of hydrogen-bond donors (Lipinski definition) is 2. The van der Waals surface area contributed by atoms with Crippen molar-refractivity contribution in [3.63, 3.8) is 0 Å². The van der Waals surface area contributed by atoms with Gasteiger partial charge >= 0.3 is 0 Å². The fraction of sp³-hybridized carbons (Fsp3) is 0.125. The van der Waals surface area contributed by atoms with E-state index in [2.05, 4.69) is 5.32 Å². The zero-order chi connectivity index (χ0) is 16.8. The summed E-state index contributed by atoms with van der Waals surface area (Å²) in [5, 5.41) is 3.67. The zero-order valence-corrected chi connectivity index (χ0v) is 13.5. The first kappa shape index (κ1) is 17.1. The molecule has 0 spiro atoms. The lowest BCUT2D eigenvalue weighted by molar-refractivity contribution is -0.123. The van der Waals surface area contributed by atoms with Crippen LogP contribution in [0.4, 0.5) is 0 Å². The van der Waals surface area contributed by atoms with E-state index >= 15 is 0 Å². The Hall–Kier alpha value is -2.24. The number of ether oxygens (including phenoxy) is 1. The third-order valence-corrected chi connectivity index (χ3v) is 3.59. The molecule has 0 aromatic heterocycles. The van der Waals surface area contributed by atoms with Crippen molar-refractivity contribution in [2.75, 3.05) is 6.61 Å². The standard InChI is InChI=1S/C16H14Cl2N2O3/c17-11-6-5-10(13(18)7-11)8-20-15(21)9-23-14-4-2-1-3-12(14)16(19)22/h1-7H,8-9H2,(H2,19,22)(H,20,21). The van der Waals surface area contributed by atoms with E-state index in [9.17, 15) is 9.59 Å². The number of rotatable bonds is 6. The number of halogens is 2. The molecule has 0 radical (unpaired) electrons. The molecule has 0 aliphatic heterocycles. The monoisotopic (exact) mass is 352 g/mol. The maximum atomic E-state index is 11.8. The van der Waals surface area contributed by atoms with Gasteiger partial charge in [0.15, 0.2) is 6.61 Å². The van der Waals surface area contributed by atoms with Crippen molar-refractivity contribution in [1.82, 2.24) is 5.32 Å². The van der Waals surface area contributed by atoms with Crippen LogP contribution in [0.25, 0.3) is 0 Å². The summed E-state index contributed by atoms with van der Waals surface area (Å²) in [4.78, 5) is 23.1. The van der Waals surface area contributed by atoms with Gasteiger partial charge in [0.05, 0.1) is 5.56 Å². The van der Waals surface area contributed by atoms with Crippen LogP contribution in [0.1, 0.15) is 15.9 Å². The smallest absolute Gasteiger partial charge is 0.258 e. The van der Waals surface area contributed by atoms with Crippen LogP contribution in [0.3, 0.4) is 0 Å². The molecule has 0 atom stereocenters. The van der Waals surface area contributed by atoms with Crippen molar-refractivity contribution in [2.45, 2.75) is 6.54 Å². The summed E-state index contributed by atoms with van der Waals surface area (Å²) < 4.78 is 5.33. The molecule has 0 aliphatic carbocycles. The molecule has 0 saturated heterocycles. The van der Waals surface area contributed by atoms with Crippen molar-refractivity contribution in [3.8, 4) is 5.75 Å². The van der Waals surface area contributed by atoms with Crippen molar-refractivity contribution in [3.05, 3.63) is 63.6 Å². The van der Waals surface area contributed by atoms with Gasteiger partial charge in [-0.15, -0.1) is 0 Å². The zero-order valence-electron chi connectivity index (χ0n) is 12.0. The molecular formula is C16H14Cl2N2O3. The average molecular weight is 353 g/mol. The second-order valence-corrected chi connectivity index (χ2v) is 5.51. The topological polar surface area (TPSA) is 81.4 Å². The molecule has 0 heterocycles. The van der Waals surface area contributed by atoms with E-state index in [4.69, 9.17) is 33.7 Å². The number of nitrogens with two attached hydrogens (primary N) is 1. The lowest BCUT2D eigenvalue weighted by Crippen LogP contribution is -2.29. The molecule has 2 rings (SSSR count). The summed E-state index contributed by atoms with van der Waals surface area (Å²) in [6, 6.07) is 11.5. The van der Waals surface area contributed by atoms with E-state index < -0.39 is 5.91 Å². The number of carbonyl (C=O) groups excluding carboxylic acids is 2. The Morgan fingerprint density at radius 2 is 1.87 bits per heavy atom. The minimum Gasteiger partial charge on any atom is -0.483 e. The highest BCUT2D eigenvalue weighted by atomic mass is 35.5. The van der Waals surface area contributed by atoms with Gasteiger partial charge in [0.2, 0.25) is 0 Å². The van der Waals surface area contributed by atoms with Gasteiger partial charge in [0.1, 0.15) is 5.75 Å². The third kappa shape index (κ3) is 4.87. The average Bonchev–Trinajstić information content (AvgIpc) is 2.52. The Morgan fingerprint density at radius 1 is 1.13 bits per heavy atom. The molecule has 7 heteroatoms. The second-order valence-electron chi connectivity index (χ2n) is 4.66. The van der Waals surface area contributed by atoms with E-state index in [1.807, 2.05) is 0 Å². The van der Waals surface area contributed by atoms with Crippen LogP contribution in [0.2, 0.25) is 10.0 Å². The number of primary amides is 1. The summed E-state index contributed by atoms with van der Waals surface area (Å²) in [6.45, 7) is 0.00512. The first-order chi connectivity index (χ1) is 11.0. The fourth-order valence-electron chi connectivity index (χ4n) is 1.85. The Labute approximate surface area is 143 Å². The lowest BCUT2D eigenvalue weighted by Gasteiger charge is -2.10. The van der Waals surface area contributed by atoms with E-state index in [1.165, 1.54) is 6.07 Å². The number of nitrogens with one attached hydrogen (secondary N) is 1. The summed E-state index contributed by atoms with van der Waals surface area (Å²) in [5.74, 6) is -0.705. The molecule has 2 aromatic carbocycles. The molecule has 120 valence electrons. The highest BCUT2D eigenvalue weighted by molar-refractivity contribution is 6.35. The molecule has 2 amide bonds. The van der Waals surface area contributed by atoms with E-state index in [1.54, 1.807) is 36.4 Å². The molecular weight excluding hydrogens is 339 g/mol. The van der Waals surface area contributed by atoms with Gasteiger partial charge in [-0.05, 0) is 29.8 Å². The van der Waals surface area contributed by atoms with Gasteiger partial charge in [-0.1, -0.05) is 41.4 Å². The van der Waals surface area contributed by atoms with Crippen LogP contribution in [0.5, 0.6) is 5.75 Å². The number of carbonyl (C=O) groups is 2. The third-order valence-electron chi connectivity index (χ3n) is 3.00. The van der Waals surface area contributed by atoms with Gasteiger partial charge in [-0.2, -0.15) is 0 Å². The predicted molar refractivity (Wildman–Crippen MR) is 88.8 cm³/mol. The van der Waals surface area contributed by atoms with Crippen LogP contribution < -0.4 is 15.8 Å². The van der Waals surface area contributed by atoms with Gasteiger partial charge in [0.25, 0.3) is 11.8 Å². The Bertz CT molecular complexity index is 735. The van der Waals surface area contributed by atoms with E-state index in [-0.39, 0.29) is 30.4 Å². The van der Waals surface area contributed by atoms with Gasteiger partial charge in [-0.25, -0.2) is 0 Å². The normalized spacial score (nSPS) is 10.2. The first-order valence-corrected chi connectivity index (χ1v) is 7.45. The molecule has 23 heavy (non-hydrogen) atoms. The van der Waals surface area contributed by atoms with Crippen molar-refractivity contribution < 1.29 is 14.3 Å². The van der Waals surface area contributed by atoms with Crippen molar-refractivity contribution in [2.24, 2.45) is 5.73 Å². The van der Waals surface area contributed by atoms with Crippen LogP contribution in [-0.4, -0.2) is 18.4 Å². The molecule has 0 unspecified atom stereocenters. The number of para-hydroxylation sites is 1. The predicted octanol–water partition coefficient (Wildman–Crippen LogP) is 2.79.